The van der Waals surface area contributed by atoms with E-state index in [-0.39, 0.29) is 18.0 Å². The number of nitrogen functional groups attached to an aromatic ring is 1. The first-order valence-corrected chi connectivity index (χ1v) is 5.92. The topological polar surface area (TPSA) is 92.4 Å². The van der Waals surface area contributed by atoms with Gasteiger partial charge in [0, 0.05) is 12.2 Å². The quantitative estimate of drug-likeness (QED) is 0.627. The number of aliphatic hydroxyl groups excluding tert-OH is 1. The first kappa shape index (κ1) is 12.0. The number of nitrogens with two attached hydrogens (primary N) is 1. The van der Waals surface area contributed by atoms with Gasteiger partial charge in [0.2, 0.25) is 10.0 Å². The number of sulfonamides is 1. The zero-order valence-corrected chi connectivity index (χ0v) is 9.21. The van der Waals surface area contributed by atoms with Crippen LogP contribution >= 0.6 is 0 Å². The molecule has 6 heteroatoms. The third-order valence-electron chi connectivity index (χ3n) is 1.96. The Morgan fingerprint density at radius 2 is 2.13 bits per heavy atom. The summed E-state index contributed by atoms with van der Waals surface area (Å²) in [6, 6.07) is 4.52. The van der Waals surface area contributed by atoms with E-state index in [1.54, 1.807) is 13.0 Å². The van der Waals surface area contributed by atoms with Crippen molar-refractivity contribution in [2.45, 2.75) is 11.8 Å². The van der Waals surface area contributed by atoms with Crippen LogP contribution in [0, 0.1) is 6.92 Å². The van der Waals surface area contributed by atoms with Crippen molar-refractivity contribution < 1.29 is 13.5 Å². The molecule has 0 amide bonds. The number of aliphatic hydroxyl groups is 1. The molecule has 0 aliphatic heterocycles. The molecule has 0 spiro atoms. The van der Waals surface area contributed by atoms with Crippen molar-refractivity contribution in [1.82, 2.24) is 4.72 Å². The zero-order valence-electron chi connectivity index (χ0n) is 8.40. The van der Waals surface area contributed by atoms with E-state index in [1.165, 1.54) is 12.1 Å². The summed E-state index contributed by atoms with van der Waals surface area (Å²) in [6.07, 6.45) is 0. The summed E-state index contributed by atoms with van der Waals surface area (Å²) in [5.74, 6) is 0. The van der Waals surface area contributed by atoms with Gasteiger partial charge in [0.1, 0.15) is 0 Å². The predicted octanol–water partition coefficient (Wildman–Crippen LogP) is -0.152. The summed E-state index contributed by atoms with van der Waals surface area (Å²) in [5, 5.41) is 8.52. The van der Waals surface area contributed by atoms with Crippen LogP contribution in [0.3, 0.4) is 0 Å². The summed E-state index contributed by atoms with van der Waals surface area (Å²) < 4.78 is 25.4. The number of nitrogens with one attached hydrogen (secondary N) is 1. The molecule has 1 aromatic carbocycles. The van der Waals surface area contributed by atoms with E-state index in [1.807, 2.05) is 0 Å². The fraction of sp³-hybridized carbons (Fsp3) is 0.333. The van der Waals surface area contributed by atoms with Crippen molar-refractivity contribution in [1.29, 1.82) is 0 Å². The number of hydrogen-bond donors (Lipinski definition) is 3. The predicted molar refractivity (Wildman–Crippen MR) is 57.9 cm³/mol. The van der Waals surface area contributed by atoms with Crippen molar-refractivity contribution in [3.8, 4) is 0 Å². The highest BCUT2D eigenvalue weighted by molar-refractivity contribution is 7.89. The molecule has 0 atom stereocenters. The normalized spacial score (nSPS) is 11.6. The average molecular weight is 230 g/mol. The number of rotatable bonds is 4. The van der Waals surface area contributed by atoms with Crippen LogP contribution < -0.4 is 10.5 Å². The summed E-state index contributed by atoms with van der Waals surface area (Å²) >= 11 is 0. The lowest BCUT2D eigenvalue weighted by molar-refractivity contribution is 0.301. The van der Waals surface area contributed by atoms with E-state index in [9.17, 15) is 8.42 Å². The Balaban J connectivity index is 3.00. The SMILES string of the molecule is Cc1ccc(S(=O)(=O)NCCO)cc1N. The lowest BCUT2D eigenvalue weighted by atomic mass is 10.2. The molecule has 84 valence electrons. The van der Waals surface area contributed by atoms with Crippen LogP contribution in [-0.4, -0.2) is 26.7 Å². The van der Waals surface area contributed by atoms with Crippen LogP contribution in [0.2, 0.25) is 0 Å². The minimum absolute atomic E-state index is 0.00385. The second-order valence-electron chi connectivity index (χ2n) is 3.14. The van der Waals surface area contributed by atoms with Gasteiger partial charge in [-0.25, -0.2) is 13.1 Å². The summed E-state index contributed by atoms with van der Waals surface area (Å²) in [7, 11) is -3.55. The highest BCUT2D eigenvalue weighted by Gasteiger charge is 2.13. The minimum atomic E-state index is -3.55. The molecule has 4 N–H and O–H groups in total. The van der Waals surface area contributed by atoms with E-state index in [0.29, 0.717) is 5.69 Å². The van der Waals surface area contributed by atoms with Crippen molar-refractivity contribution in [3.05, 3.63) is 23.8 Å². The molecule has 1 aromatic rings. The van der Waals surface area contributed by atoms with Gasteiger partial charge < -0.3 is 10.8 Å². The average Bonchev–Trinajstić information content (AvgIpc) is 2.19. The van der Waals surface area contributed by atoms with Gasteiger partial charge in [-0.05, 0) is 24.6 Å². The Hall–Kier alpha value is -1.11. The summed E-state index contributed by atoms with van der Waals surface area (Å²) in [4.78, 5) is 0.110. The van der Waals surface area contributed by atoms with Crippen LogP contribution in [0.1, 0.15) is 5.56 Å². The number of benzene rings is 1. The maximum absolute atomic E-state index is 11.6. The van der Waals surface area contributed by atoms with Crippen molar-refractivity contribution in [3.63, 3.8) is 0 Å². The lowest BCUT2D eigenvalue weighted by Gasteiger charge is -2.07. The summed E-state index contributed by atoms with van der Waals surface area (Å²) in [6.45, 7) is 1.56. The molecule has 5 nitrogen and oxygen atoms in total. The van der Waals surface area contributed by atoms with E-state index in [2.05, 4.69) is 4.72 Å². The zero-order chi connectivity index (χ0) is 11.5. The van der Waals surface area contributed by atoms with Gasteiger partial charge in [-0.3, -0.25) is 0 Å². The third-order valence-corrected chi connectivity index (χ3v) is 3.42. The van der Waals surface area contributed by atoms with Crippen LogP contribution in [-0.2, 0) is 10.0 Å². The smallest absolute Gasteiger partial charge is 0.240 e. The van der Waals surface area contributed by atoms with E-state index in [4.69, 9.17) is 10.8 Å². The molecule has 0 heterocycles. The van der Waals surface area contributed by atoms with Gasteiger partial charge in [-0.15, -0.1) is 0 Å². The lowest BCUT2D eigenvalue weighted by Crippen LogP contribution is -2.26. The Kier molecular flexibility index (Phi) is 3.67. The molecule has 0 saturated heterocycles. The molecule has 15 heavy (non-hydrogen) atoms. The fourth-order valence-electron chi connectivity index (χ4n) is 1.05. The Morgan fingerprint density at radius 1 is 1.47 bits per heavy atom. The van der Waals surface area contributed by atoms with Crippen LogP contribution in [0.4, 0.5) is 5.69 Å². The maximum atomic E-state index is 11.6. The van der Waals surface area contributed by atoms with Gasteiger partial charge in [0.15, 0.2) is 0 Å². The molecule has 0 aliphatic carbocycles. The largest absolute Gasteiger partial charge is 0.398 e. The third kappa shape index (κ3) is 2.92. The molecule has 0 radical (unpaired) electrons. The van der Waals surface area contributed by atoms with E-state index >= 15 is 0 Å². The number of anilines is 1. The Labute approximate surface area is 89.0 Å². The van der Waals surface area contributed by atoms with Crippen LogP contribution in [0.5, 0.6) is 0 Å². The van der Waals surface area contributed by atoms with E-state index < -0.39 is 10.0 Å². The first-order chi connectivity index (χ1) is 6.97. The first-order valence-electron chi connectivity index (χ1n) is 4.44. The van der Waals surface area contributed by atoms with Gasteiger partial charge in [0.25, 0.3) is 0 Å². The van der Waals surface area contributed by atoms with Crippen molar-refractivity contribution >= 4 is 15.7 Å². The molecular weight excluding hydrogens is 216 g/mol. The second kappa shape index (κ2) is 4.61. The molecule has 0 aromatic heterocycles. The monoisotopic (exact) mass is 230 g/mol. The summed E-state index contributed by atoms with van der Waals surface area (Å²) in [5.41, 5.74) is 6.87. The molecule has 0 aliphatic rings. The molecule has 0 bridgehead atoms. The molecule has 0 saturated carbocycles. The molecular formula is C9H14N2O3S. The van der Waals surface area contributed by atoms with Gasteiger partial charge in [-0.1, -0.05) is 6.07 Å². The van der Waals surface area contributed by atoms with Gasteiger partial charge in [0.05, 0.1) is 11.5 Å². The number of hydrogen-bond acceptors (Lipinski definition) is 4. The highest BCUT2D eigenvalue weighted by Crippen LogP contribution is 2.16. The minimum Gasteiger partial charge on any atom is -0.398 e. The highest BCUT2D eigenvalue weighted by atomic mass is 32.2. The maximum Gasteiger partial charge on any atom is 0.240 e. The number of aryl methyl sites for hydroxylation is 1. The van der Waals surface area contributed by atoms with Gasteiger partial charge >= 0.3 is 0 Å². The van der Waals surface area contributed by atoms with Crippen LogP contribution in [0.15, 0.2) is 23.1 Å². The van der Waals surface area contributed by atoms with E-state index in [0.717, 1.165) is 5.56 Å². The Morgan fingerprint density at radius 3 is 2.67 bits per heavy atom. The second-order valence-corrected chi connectivity index (χ2v) is 4.91. The molecule has 0 fully saturated rings. The molecule has 0 unspecified atom stereocenters. The van der Waals surface area contributed by atoms with Crippen LogP contribution in [0.25, 0.3) is 0 Å². The fourth-order valence-corrected chi connectivity index (χ4v) is 2.11. The van der Waals surface area contributed by atoms with Crippen molar-refractivity contribution in [2.75, 3.05) is 18.9 Å². The van der Waals surface area contributed by atoms with Gasteiger partial charge in [-0.2, -0.15) is 0 Å². The standard InChI is InChI=1S/C9H14N2O3S/c1-7-2-3-8(6-9(7)10)15(13,14)11-4-5-12/h2-3,6,11-12H,4-5,10H2,1H3. The molecule has 1 rings (SSSR count). The Bertz CT molecular complexity index is 443. The van der Waals surface area contributed by atoms with Crippen molar-refractivity contribution in [2.24, 2.45) is 0 Å².